The predicted molar refractivity (Wildman–Crippen MR) is 167 cm³/mol. The number of halogens is 1. The van der Waals surface area contributed by atoms with Crippen LogP contribution < -0.4 is 5.32 Å². The average Bonchev–Trinajstić information content (AvgIpc) is 3.47. The van der Waals surface area contributed by atoms with E-state index in [9.17, 15) is 12.8 Å². The lowest BCUT2D eigenvalue weighted by molar-refractivity contribution is 0.150. The number of rotatable bonds is 13. The van der Waals surface area contributed by atoms with E-state index in [1.807, 2.05) is 23.6 Å². The molecule has 222 valence electrons. The summed E-state index contributed by atoms with van der Waals surface area (Å²) in [7, 11) is -1.70. The first kappa shape index (κ1) is 30.5. The van der Waals surface area contributed by atoms with Gasteiger partial charge in [-0.1, -0.05) is 54.6 Å². The molecule has 7 nitrogen and oxygen atoms in total. The number of hydrogen-bond donors (Lipinski definition) is 1. The second-order valence-electron chi connectivity index (χ2n) is 10.7. The van der Waals surface area contributed by atoms with Gasteiger partial charge in [0, 0.05) is 56.8 Å². The van der Waals surface area contributed by atoms with Gasteiger partial charge >= 0.3 is 0 Å². The standard InChI is InChI=1S/C32H38FN5O2S2/c1-36-18-20-37(21-19-36)16-5-17-38(42(39,40)31-14-12-29(33)13-15-31)24-30-25-41-32(35-30)28-10-8-27(9-11-28)23-34-22-26-6-3-2-4-7-26/h2-4,6-15,25,34H,5,16-24H2,1H3. The maximum absolute atomic E-state index is 13.6. The summed E-state index contributed by atoms with van der Waals surface area (Å²) in [6.07, 6.45) is 0.709. The van der Waals surface area contributed by atoms with E-state index in [2.05, 4.69) is 58.6 Å². The van der Waals surface area contributed by atoms with Gasteiger partial charge in [0.1, 0.15) is 10.8 Å². The van der Waals surface area contributed by atoms with Gasteiger partial charge in [0.15, 0.2) is 0 Å². The van der Waals surface area contributed by atoms with Crippen molar-refractivity contribution in [1.29, 1.82) is 0 Å². The molecule has 0 spiro atoms. The van der Waals surface area contributed by atoms with E-state index in [1.165, 1.54) is 51.0 Å². The molecule has 1 fully saturated rings. The molecule has 0 aliphatic carbocycles. The molecule has 1 saturated heterocycles. The van der Waals surface area contributed by atoms with Crippen molar-refractivity contribution >= 4 is 21.4 Å². The molecule has 3 aromatic carbocycles. The monoisotopic (exact) mass is 607 g/mol. The van der Waals surface area contributed by atoms with Crippen LogP contribution in [0.25, 0.3) is 10.6 Å². The Kier molecular flexibility index (Phi) is 10.5. The highest BCUT2D eigenvalue weighted by Crippen LogP contribution is 2.26. The molecular formula is C32H38FN5O2S2. The van der Waals surface area contributed by atoms with Crippen LogP contribution >= 0.6 is 11.3 Å². The molecule has 0 bridgehead atoms. The van der Waals surface area contributed by atoms with Gasteiger partial charge in [0.05, 0.1) is 17.1 Å². The van der Waals surface area contributed by atoms with Crippen molar-refractivity contribution < 1.29 is 12.8 Å². The Labute approximate surface area is 252 Å². The van der Waals surface area contributed by atoms with Crippen LogP contribution in [-0.2, 0) is 29.7 Å². The summed E-state index contributed by atoms with van der Waals surface area (Å²) in [5, 5.41) is 6.25. The Morgan fingerprint density at radius 1 is 0.905 bits per heavy atom. The van der Waals surface area contributed by atoms with Crippen LogP contribution in [0, 0.1) is 5.82 Å². The fraction of sp³-hybridized carbons (Fsp3) is 0.344. The fourth-order valence-corrected chi connectivity index (χ4v) is 7.25. The summed E-state index contributed by atoms with van der Waals surface area (Å²) in [6.45, 7) is 6.95. The highest BCUT2D eigenvalue weighted by atomic mass is 32.2. The van der Waals surface area contributed by atoms with Crippen molar-refractivity contribution in [3.63, 3.8) is 0 Å². The Hall–Kier alpha value is -2.99. The lowest BCUT2D eigenvalue weighted by Gasteiger charge is -2.32. The first-order valence-corrected chi connectivity index (χ1v) is 16.6. The molecule has 1 aromatic heterocycles. The van der Waals surface area contributed by atoms with E-state index in [1.54, 1.807) is 0 Å². The molecule has 2 heterocycles. The zero-order valence-corrected chi connectivity index (χ0v) is 25.6. The highest BCUT2D eigenvalue weighted by Gasteiger charge is 2.26. The summed E-state index contributed by atoms with van der Waals surface area (Å²) in [4.78, 5) is 9.58. The zero-order valence-electron chi connectivity index (χ0n) is 24.0. The minimum Gasteiger partial charge on any atom is -0.309 e. The summed E-state index contributed by atoms with van der Waals surface area (Å²) in [5.74, 6) is -0.460. The third-order valence-electron chi connectivity index (χ3n) is 7.52. The van der Waals surface area contributed by atoms with Crippen molar-refractivity contribution in [1.82, 2.24) is 24.4 Å². The summed E-state index contributed by atoms with van der Waals surface area (Å²) >= 11 is 1.51. The first-order chi connectivity index (χ1) is 20.4. The summed E-state index contributed by atoms with van der Waals surface area (Å²) in [6, 6.07) is 23.7. The van der Waals surface area contributed by atoms with Crippen LogP contribution in [0.2, 0.25) is 0 Å². The predicted octanol–water partition coefficient (Wildman–Crippen LogP) is 5.07. The lowest BCUT2D eigenvalue weighted by Crippen LogP contribution is -2.45. The normalized spacial score (nSPS) is 14.9. The van der Waals surface area contributed by atoms with Crippen LogP contribution in [0.15, 0.2) is 89.1 Å². The van der Waals surface area contributed by atoms with E-state index in [-0.39, 0.29) is 11.4 Å². The van der Waals surface area contributed by atoms with E-state index in [0.29, 0.717) is 18.7 Å². The molecule has 0 amide bonds. The Balaban J connectivity index is 1.23. The van der Waals surface area contributed by atoms with Crippen molar-refractivity contribution in [2.24, 2.45) is 0 Å². The number of thiazole rings is 1. The molecule has 0 saturated carbocycles. The van der Waals surface area contributed by atoms with Crippen LogP contribution in [-0.4, -0.2) is 73.8 Å². The number of piperazine rings is 1. The number of likely N-dealkylation sites (N-methyl/N-ethyl adjacent to an activating group) is 1. The molecular weight excluding hydrogens is 570 g/mol. The van der Waals surface area contributed by atoms with Gasteiger partial charge < -0.3 is 15.1 Å². The third kappa shape index (κ3) is 8.31. The Morgan fingerprint density at radius 2 is 1.57 bits per heavy atom. The number of nitrogens with zero attached hydrogens (tertiary/aromatic N) is 4. The van der Waals surface area contributed by atoms with Crippen LogP contribution in [0.5, 0.6) is 0 Å². The molecule has 4 aromatic rings. The lowest BCUT2D eigenvalue weighted by atomic mass is 10.1. The number of aromatic nitrogens is 1. The van der Waals surface area contributed by atoms with Crippen molar-refractivity contribution in [3.05, 3.63) is 107 Å². The molecule has 5 rings (SSSR count). The molecule has 1 aliphatic rings. The first-order valence-electron chi connectivity index (χ1n) is 14.3. The molecule has 1 aliphatic heterocycles. The molecule has 0 radical (unpaired) electrons. The van der Waals surface area contributed by atoms with Gasteiger partial charge in [-0.2, -0.15) is 4.31 Å². The van der Waals surface area contributed by atoms with Gasteiger partial charge in [-0.15, -0.1) is 11.3 Å². The topological polar surface area (TPSA) is 68.8 Å². The number of hydrogen-bond acceptors (Lipinski definition) is 7. The molecule has 0 unspecified atom stereocenters. The molecule has 42 heavy (non-hydrogen) atoms. The van der Waals surface area contributed by atoms with Gasteiger partial charge in [0.25, 0.3) is 0 Å². The number of benzene rings is 3. The van der Waals surface area contributed by atoms with E-state index in [4.69, 9.17) is 4.98 Å². The second kappa shape index (κ2) is 14.5. The smallest absolute Gasteiger partial charge is 0.243 e. The summed E-state index contributed by atoms with van der Waals surface area (Å²) < 4.78 is 42.3. The Bertz CT molecular complexity index is 1500. The van der Waals surface area contributed by atoms with Crippen LogP contribution in [0.1, 0.15) is 23.2 Å². The average molecular weight is 608 g/mol. The van der Waals surface area contributed by atoms with Gasteiger partial charge in [-0.05, 0) is 55.4 Å². The molecule has 1 N–H and O–H groups in total. The fourth-order valence-electron chi connectivity index (χ4n) is 4.99. The third-order valence-corrected chi connectivity index (χ3v) is 10.3. The van der Waals surface area contributed by atoms with Gasteiger partial charge in [0.2, 0.25) is 10.0 Å². The summed E-state index contributed by atoms with van der Waals surface area (Å²) in [5.41, 5.74) is 4.14. The van der Waals surface area contributed by atoms with E-state index < -0.39 is 15.8 Å². The second-order valence-corrected chi connectivity index (χ2v) is 13.5. The maximum Gasteiger partial charge on any atom is 0.243 e. The maximum atomic E-state index is 13.6. The molecule has 10 heteroatoms. The minimum absolute atomic E-state index is 0.0930. The molecule has 0 atom stereocenters. The van der Waals surface area contributed by atoms with Crippen molar-refractivity contribution in [2.45, 2.75) is 31.0 Å². The quantitative estimate of drug-likeness (QED) is 0.229. The minimum atomic E-state index is -3.82. The van der Waals surface area contributed by atoms with Gasteiger partial charge in [-0.25, -0.2) is 17.8 Å². The number of nitrogens with one attached hydrogen (secondary N) is 1. The van der Waals surface area contributed by atoms with Gasteiger partial charge in [-0.3, -0.25) is 0 Å². The Morgan fingerprint density at radius 3 is 2.26 bits per heavy atom. The largest absolute Gasteiger partial charge is 0.309 e. The zero-order chi connectivity index (χ0) is 29.4. The van der Waals surface area contributed by atoms with E-state index >= 15 is 0 Å². The van der Waals surface area contributed by atoms with E-state index in [0.717, 1.165) is 56.4 Å². The SMILES string of the molecule is CN1CCN(CCCN(Cc2csc(-c3ccc(CNCc4ccccc4)cc3)n2)S(=O)(=O)c2ccc(F)cc2)CC1. The van der Waals surface area contributed by atoms with Crippen LogP contribution in [0.4, 0.5) is 4.39 Å². The van der Waals surface area contributed by atoms with Crippen molar-refractivity contribution in [2.75, 3.05) is 46.3 Å². The van der Waals surface area contributed by atoms with Crippen LogP contribution in [0.3, 0.4) is 0 Å². The number of sulfonamides is 1. The van der Waals surface area contributed by atoms with Crippen molar-refractivity contribution in [3.8, 4) is 10.6 Å². The highest BCUT2D eigenvalue weighted by molar-refractivity contribution is 7.89.